The molecule has 27 heavy (non-hydrogen) atoms. The molecule has 1 saturated heterocycles. The van der Waals surface area contributed by atoms with E-state index >= 15 is 0 Å². The van der Waals surface area contributed by atoms with Gasteiger partial charge in [0.15, 0.2) is 0 Å². The molecule has 0 radical (unpaired) electrons. The summed E-state index contributed by atoms with van der Waals surface area (Å²) < 4.78 is 5.38. The molecule has 1 aromatic carbocycles. The van der Waals surface area contributed by atoms with Crippen molar-refractivity contribution < 1.29 is 14.3 Å². The third kappa shape index (κ3) is 3.42. The van der Waals surface area contributed by atoms with E-state index in [9.17, 15) is 9.59 Å². The Balaban J connectivity index is 1.52. The van der Waals surface area contributed by atoms with Gasteiger partial charge >= 0.3 is 6.09 Å². The van der Waals surface area contributed by atoms with Crippen LogP contribution in [0.4, 0.5) is 15.6 Å². The first-order valence-corrected chi connectivity index (χ1v) is 9.93. The zero-order valence-corrected chi connectivity index (χ0v) is 16.2. The highest BCUT2D eigenvalue weighted by Crippen LogP contribution is 2.33. The molecule has 1 aromatic heterocycles. The Morgan fingerprint density at radius 1 is 1.33 bits per heavy atom. The SMILES string of the molecule is CC(=O)N(c1nccs1)N1CCC(N2C(=O)OCc3ccc(C)cc32)CC1. The number of aromatic nitrogens is 1. The van der Waals surface area contributed by atoms with Gasteiger partial charge in [-0.1, -0.05) is 12.1 Å². The number of piperidine rings is 1. The van der Waals surface area contributed by atoms with Crippen LogP contribution in [0.2, 0.25) is 0 Å². The van der Waals surface area contributed by atoms with Crippen LogP contribution in [0, 0.1) is 6.92 Å². The van der Waals surface area contributed by atoms with Gasteiger partial charge in [-0.05, 0) is 31.4 Å². The van der Waals surface area contributed by atoms with E-state index < -0.39 is 0 Å². The Kier molecular flexibility index (Phi) is 4.84. The number of ether oxygens (including phenoxy) is 1. The maximum atomic E-state index is 12.5. The summed E-state index contributed by atoms with van der Waals surface area (Å²) in [5, 5.41) is 6.21. The molecule has 7 nitrogen and oxygen atoms in total. The van der Waals surface area contributed by atoms with Gasteiger partial charge in [0.1, 0.15) is 6.61 Å². The molecule has 142 valence electrons. The number of thiazole rings is 1. The van der Waals surface area contributed by atoms with Gasteiger partial charge < -0.3 is 4.74 Å². The molecule has 2 amide bonds. The molecule has 0 spiro atoms. The molecule has 2 aliphatic heterocycles. The van der Waals surface area contributed by atoms with Crippen molar-refractivity contribution in [3.8, 4) is 0 Å². The molecule has 2 aliphatic rings. The molecule has 0 atom stereocenters. The molecule has 8 heteroatoms. The summed E-state index contributed by atoms with van der Waals surface area (Å²) in [6.45, 7) is 5.25. The molecule has 3 heterocycles. The molecular weight excluding hydrogens is 364 g/mol. The van der Waals surface area contributed by atoms with Crippen molar-refractivity contribution in [3.05, 3.63) is 40.9 Å². The van der Waals surface area contributed by atoms with E-state index in [0.717, 1.165) is 29.7 Å². The fourth-order valence-electron chi connectivity index (χ4n) is 3.76. The van der Waals surface area contributed by atoms with E-state index in [-0.39, 0.29) is 18.0 Å². The number of aryl methyl sites for hydroxylation is 1. The predicted molar refractivity (Wildman–Crippen MR) is 104 cm³/mol. The zero-order chi connectivity index (χ0) is 19.0. The first-order chi connectivity index (χ1) is 13.0. The Bertz CT molecular complexity index is 847. The third-order valence-electron chi connectivity index (χ3n) is 5.04. The van der Waals surface area contributed by atoms with Crippen molar-refractivity contribution in [2.75, 3.05) is 23.0 Å². The minimum absolute atomic E-state index is 0.0539. The normalized spacial score (nSPS) is 18.1. The van der Waals surface area contributed by atoms with Gasteiger partial charge in [0, 0.05) is 43.2 Å². The average molecular weight is 386 g/mol. The molecule has 0 bridgehead atoms. The summed E-state index contributed by atoms with van der Waals surface area (Å²) in [7, 11) is 0. The van der Waals surface area contributed by atoms with E-state index in [1.165, 1.54) is 11.3 Å². The van der Waals surface area contributed by atoms with Crippen LogP contribution in [0.3, 0.4) is 0 Å². The lowest BCUT2D eigenvalue weighted by atomic mass is 10.0. The molecule has 0 N–H and O–H groups in total. The number of anilines is 2. The highest BCUT2D eigenvalue weighted by Gasteiger charge is 2.36. The summed E-state index contributed by atoms with van der Waals surface area (Å²) in [5.41, 5.74) is 3.11. The van der Waals surface area contributed by atoms with Crippen molar-refractivity contribution in [3.63, 3.8) is 0 Å². The van der Waals surface area contributed by atoms with Crippen molar-refractivity contribution in [2.45, 2.75) is 39.3 Å². The number of hydrazine groups is 1. The smallest absolute Gasteiger partial charge is 0.414 e. The number of nitrogens with zero attached hydrogens (tertiary/aromatic N) is 4. The number of hydrogen-bond donors (Lipinski definition) is 0. The summed E-state index contributed by atoms with van der Waals surface area (Å²) in [4.78, 5) is 30.7. The largest absolute Gasteiger partial charge is 0.444 e. The van der Waals surface area contributed by atoms with Crippen LogP contribution in [0.15, 0.2) is 29.8 Å². The van der Waals surface area contributed by atoms with Gasteiger partial charge in [0.2, 0.25) is 11.0 Å². The van der Waals surface area contributed by atoms with Gasteiger partial charge in [-0.15, -0.1) is 11.3 Å². The molecule has 4 rings (SSSR count). The molecule has 1 fully saturated rings. The van der Waals surface area contributed by atoms with Gasteiger partial charge in [0.05, 0.1) is 5.69 Å². The van der Waals surface area contributed by atoms with Crippen molar-refractivity contribution in [1.29, 1.82) is 0 Å². The van der Waals surface area contributed by atoms with Crippen LogP contribution < -0.4 is 9.91 Å². The Morgan fingerprint density at radius 3 is 2.78 bits per heavy atom. The van der Waals surface area contributed by atoms with Gasteiger partial charge in [0.25, 0.3) is 0 Å². The second-order valence-corrected chi connectivity index (χ2v) is 7.76. The summed E-state index contributed by atoms with van der Waals surface area (Å²) in [6.07, 6.45) is 2.94. The second-order valence-electron chi connectivity index (χ2n) is 6.89. The second kappa shape index (κ2) is 7.28. The maximum Gasteiger partial charge on any atom is 0.414 e. The van der Waals surface area contributed by atoms with Crippen LogP contribution >= 0.6 is 11.3 Å². The minimum atomic E-state index is -0.283. The first-order valence-electron chi connectivity index (χ1n) is 9.05. The maximum absolute atomic E-state index is 12.5. The molecule has 0 saturated carbocycles. The molecular formula is C19H22N4O3S. The highest BCUT2D eigenvalue weighted by molar-refractivity contribution is 7.13. The van der Waals surface area contributed by atoms with Crippen LogP contribution in [0.1, 0.15) is 30.9 Å². The predicted octanol–water partition coefficient (Wildman–Crippen LogP) is 3.34. The van der Waals surface area contributed by atoms with Crippen molar-refractivity contribution >= 4 is 34.2 Å². The average Bonchev–Trinajstić information content (AvgIpc) is 3.16. The summed E-state index contributed by atoms with van der Waals surface area (Å²) in [6, 6.07) is 6.18. The van der Waals surface area contributed by atoms with Gasteiger partial charge in [-0.25, -0.2) is 19.8 Å². The highest BCUT2D eigenvalue weighted by atomic mass is 32.1. The number of hydrogen-bond acceptors (Lipinski definition) is 6. The van der Waals surface area contributed by atoms with E-state index in [2.05, 4.69) is 11.1 Å². The summed E-state index contributed by atoms with van der Waals surface area (Å²) >= 11 is 1.44. The topological polar surface area (TPSA) is 66.0 Å². The number of carbonyl (C=O) groups is 2. The first kappa shape index (κ1) is 17.9. The van der Waals surface area contributed by atoms with E-state index in [1.54, 1.807) is 23.0 Å². The number of rotatable bonds is 3. The fourth-order valence-corrected chi connectivity index (χ4v) is 4.47. The Morgan fingerprint density at radius 2 is 2.11 bits per heavy atom. The van der Waals surface area contributed by atoms with Crippen molar-refractivity contribution in [2.24, 2.45) is 0 Å². The number of carbonyl (C=O) groups excluding carboxylic acids is 2. The number of amides is 2. The Labute approximate surface area is 162 Å². The lowest BCUT2D eigenvalue weighted by molar-refractivity contribution is -0.119. The number of fused-ring (bicyclic) bond motifs is 1. The van der Waals surface area contributed by atoms with Crippen LogP contribution in [-0.4, -0.2) is 41.1 Å². The van der Waals surface area contributed by atoms with Gasteiger partial charge in [-0.2, -0.15) is 0 Å². The fraction of sp³-hybridized carbons (Fsp3) is 0.421. The minimum Gasteiger partial charge on any atom is -0.444 e. The van der Waals surface area contributed by atoms with Crippen LogP contribution in [0.25, 0.3) is 0 Å². The summed E-state index contributed by atoms with van der Waals surface area (Å²) in [5.74, 6) is -0.0539. The Hall–Kier alpha value is -2.45. The van der Waals surface area contributed by atoms with Gasteiger partial charge in [-0.3, -0.25) is 9.69 Å². The van der Waals surface area contributed by atoms with Crippen LogP contribution in [-0.2, 0) is 16.1 Å². The van der Waals surface area contributed by atoms with E-state index in [1.807, 2.05) is 29.4 Å². The van der Waals surface area contributed by atoms with E-state index in [4.69, 9.17) is 4.74 Å². The third-order valence-corrected chi connectivity index (χ3v) is 5.78. The number of benzene rings is 1. The van der Waals surface area contributed by atoms with Crippen LogP contribution in [0.5, 0.6) is 0 Å². The number of cyclic esters (lactones) is 1. The lowest BCUT2D eigenvalue weighted by Gasteiger charge is -2.42. The van der Waals surface area contributed by atoms with Crippen molar-refractivity contribution in [1.82, 2.24) is 9.99 Å². The zero-order valence-electron chi connectivity index (χ0n) is 15.4. The molecule has 0 aliphatic carbocycles. The molecule has 0 unspecified atom stereocenters. The quantitative estimate of drug-likeness (QED) is 0.809. The van der Waals surface area contributed by atoms with E-state index in [0.29, 0.717) is 24.8 Å². The standard InChI is InChI=1S/C19H22N4O3S/c1-13-3-4-15-12-26-19(25)22(17(15)11-13)16-5-8-21(9-6-16)23(14(2)24)18-20-7-10-27-18/h3-4,7,10-11,16H,5-6,8-9,12H2,1-2H3. The monoisotopic (exact) mass is 386 g/mol. The molecule has 2 aromatic rings. The lowest BCUT2D eigenvalue weighted by Crippen LogP contribution is -2.54.